The number of ketones is 1. The Morgan fingerprint density at radius 2 is 2.00 bits per heavy atom. The van der Waals surface area contributed by atoms with Crippen molar-refractivity contribution in [3.8, 4) is 22.5 Å². The van der Waals surface area contributed by atoms with E-state index in [1.54, 1.807) is 28.7 Å². The number of rotatable bonds is 8. The van der Waals surface area contributed by atoms with Gasteiger partial charge in [0.05, 0.1) is 36.4 Å². The summed E-state index contributed by atoms with van der Waals surface area (Å²) in [4.78, 5) is 35.0. The number of hydrogen-bond acceptors (Lipinski definition) is 9. The molecule has 1 aliphatic carbocycles. The number of carbonyl (C=O) groups excluding carboxylic acids is 1. The Labute approximate surface area is 230 Å². The van der Waals surface area contributed by atoms with Gasteiger partial charge < -0.3 is 19.9 Å². The van der Waals surface area contributed by atoms with Crippen LogP contribution in [0.5, 0.6) is 0 Å². The van der Waals surface area contributed by atoms with E-state index in [-0.39, 0.29) is 18.3 Å². The molecule has 4 aromatic rings. The second kappa shape index (κ2) is 10.4. The molecular weight excluding hydrogens is 514 g/mol. The van der Waals surface area contributed by atoms with Crippen molar-refractivity contribution >= 4 is 23.2 Å². The van der Waals surface area contributed by atoms with Gasteiger partial charge in [0.25, 0.3) is 0 Å². The predicted octanol–water partition coefficient (Wildman–Crippen LogP) is 3.33. The number of carbonyl (C=O) groups is 2. The fourth-order valence-corrected chi connectivity index (χ4v) is 5.72. The predicted molar refractivity (Wildman–Crippen MR) is 145 cm³/mol. The van der Waals surface area contributed by atoms with Crippen molar-refractivity contribution in [3.63, 3.8) is 0 Å². The van der Waals surface area contributed by atoms with Crippen molar-refractivity contribution in [1.82, 2.24) is 29.4 Å². The van der Waals surface area contributed by atoms with Crippen molar-refractivity contribution in [3.05, 3.63) is 48.0 Å². The molecule has 40 heavy (non-hydrogen) atoms. The van der Waals surface area contributed by atoms with Crippen LogP contribution in [0.4, 0.5) is 5.82 Å². The van der Waals surface area contributed by atoms with Gasteiger partial charge in [-0.3, -0.25) is 14.5 Å². The van der Waals surface area contributed by atoms with Crippen molar-refractivity contribution in [2.75, 3.05) is 32.2 Å². The summed E-state index contributed by atoms with van der Waals surface area (Å²) in [5, 5.41) is 22.3. The Bertz CT molecular complexity index is 1570. The molecule has 0 atom stereocenters. The maximum absolute atomic E-state index is 13.2. The average molecular weight is 546 g/mol. The number of pyridine rings is 1. The summed E-state index contributed by atoms with van der Waals surface area (Å²) in [6.07, 6.45) is 7.47. The van der Waals surface area contributed by atoms with Crippen LogP contribution in [0.1, 0.15) is 54.1 Å². The highest BCUT2D eigenvalue weighted by molar-refractivity contribution is 6.04. The third-order valence-corrected chi connectivity index (χ3v) is 7.88. The maximum Gasteiger partial charge on any atom is 0.335 e. The van der Waals surface area contributed by atoms with Crippen LogP contribution in [0.3, 0.4) is 0 Å². The number of Topliss-reactive ketones (excluding diaryl/α,β-unsaturated/α-hetero) is 1. The smallest absolute Gasteiger partial charge is 0.335 e. The second-order valence-corrected chi connectivity index (χ2v) is 10.3. The Morgan fingerprint density at radius 3 is 2.67 bits per heavy atom. The zero-order valence-electron chi connectivity index (χ0n) is 22.5. The molecule has 2 aliphatic rings. The van der Waals surface area contributed by atoms with Crippen LogP contribution in [-0.2, 0) is 21.3 Å². The number of nitrogens with one attached hydrogen (secondary N) is 1. The summed E-state index contributed by atoms with van der Waals surface area (Å²) >= 11 is 0. The number of fused-ring (bicyclic) bond motifs is 3. The van der Waals surface area contributed by atoms with Crippen LogP contribution < -0.4 is 5.32 Å². The van der Waals surface area contributed by atoms with E-state index in [1.165, 1.54) is 0 Å². The summed E-state index contributed by atoms with van der Waals surface area (Å²) in [6, 6.07) is 5.79. The van der Waals surface area contributed by atoms with Crippen molar-refractivity contribution in [2.24, 2.45) is 7.05 Å². The van der Waals surface area contributed by atoms with Crippen LogP contribution in [0.2, 0.25) is 0 Å². The highest BCUT2D eigenvalue weighted by Gasteiger charge is 2.44. The molecule has 1 fully saturated rings. The first-order valence-corrected chi connectivity index (χ1v) is 13.4. The average Bonchev–Trinajstić information content (AvgIpc) is 3.60. The summed E-state index contributed by atoms with van der Waals surface area (Å²) in [5.41, 5.74) is 3.78. The van der Waals surface area contributed by atoms with Gasteiger partial charge in [0, 0.05) is 56.6 Å². The van der Waals surface area contributed by atoms with Gasteiger partial charge in [0.1, 0.15) is 11.5 Å². The van der Waals surface area contributed by atoms with E-state index in [0.29, 0.717) is 68.0 Å². The summed E-state index contributed by atoms with van der Waals surface area (Å²) in [7, 11) is 3.42. The molecule has 0 unspecified atom stereocenters. The number of anilines is 1. The van der Waals surface area contributed by atoms with Crippen LogP contribution >= 0.6 is 0 Å². The van der Waals surface area contributed by atoms with Crippen LogP contribution in [0.15, 0.2) is 36.8 Å². The van der Waals surface area contributed by atoms with Gasteiger partial charge in [0.15, 0.2) is 17.0 Å². The third-order valence-electron chi connectivity index (χ3n) is 7.88. The fraction of sp³-hybridized carbons (Fsp3) is 0.429. The zero-order valence-corrected chi connectivity index (χ0v) is 22.5. The number of carboxylic acids is 1. The Hall–Kier alpha value is -4.16. The van der Waals surface area contributed by atoms with Gasteiger partial charge in [-0.25, -0.2) is 9.78 Å². The van der Waals surface area contributed by atoms with E-state index in [2.05, 4.69) is 20.5 Å². The number of aryl methyl sites for hydroxylation is 1. The molecule has 4 aromatic heterocycles. The molecule has 0 amide bonds. The second-order valence-electron chi connectivity index (χ2n) is 10.3. The molecule has 12 heteroatoms. The van der Waals surface area contributed by atoms with Crippen LogP contribution in [-0.4, -0.2) is 78.7 Å². The fourth-order valence-electron chi connectivity index (χ4n) is 5.72. The molecule has 2 N–H and O–H groups in total. The van der Waals surface area contributed by atoms with E-state index in [0.717, 1.165) is 22.5 Å². The molecule has 5 heterocycles. The van der Waals surface area contributed by atoms with E-state index < -0.39 is 11.6 Å². The number of carboxylic acid groups (broad SMARTS) is 1. The van der Waals surface area contributed by atoms with Gasteiger partial charge in [-0.15, -0.1) is 0 Å². The molecule has 1 aliphatic heterocycles. The molecule has 0 bridgehead atoms. The summed E-state index contributed by atoms with van der Waals surface area (Å²) in [5.74, 6) is -0.409. The molecule has 6 rings (SSSR count). The van der Waals surface area contributed by atoms with Crippen molar-refractivity contribution in [2.45, 2.75) is 43.6 Å². The van der Waals surface area contributed by atoms with Gasteiger partial charge in [0.2, 0.25) is 0 Å². The third kappa shape index (κ3) is 4.52. The minimum Gasteiger partial charge on any atom is -0.479 e. The molecule has 0 radical (unpaired) electrons. The van der Waals surface area contributed by atoms with Crippen molar-refractivity contribution < 1.29 is 24.2 Å². The minimum absolute atomic E-state index is 0.0167. The molecule has 12 nitrogen and oxygen atoms in total. The van der Waals surface area contributed by atoms with Crippen LogP contribution in [0, 0.1) is 0 Å². The summed E-state index contributed by atoms with van der Waals surface area (Å²) in [6.45, 7) is 1.05. The molecule has 208 valence electrons. The lowest BCUT2D eigenvalue weighted by Crippen LogP contribution is -2.45. The molecule has 1 saturated carbocycles. The van der Waals surface area contributed by atoms with E-state index in [9.17, 15) is 14.7 Å². The monoisotopic (exact) mass is 545 g/mol. The van der Waals surface area contributed by atoms with E-state index in [1.807, 2.05) is 31.4 Å². The lowest BCUT2D eigenvalue weighted by atomic mass is 9.76. The number of aliphatic carboxylic acids is 1. The zero-order chi connectivity index (χ0) is 27.9. The number of aromatic nitrogens is 6. The van der Waals surface area contributed by atoms with Crippen LogP contribution in [0.25, 0.3) is 28.2 Å². The maximum atomic E-state index is 13.2. The molecule has 0 saturated heterocycles. The Kier molecular flexibility index (Phi) is 6.80. The molecule has 0 aromatic carbocycles. The lowest BCUT2D eigenvalue weighted by Gasteiger charge is -2.37. The standard InChI is InChI=1S/C28H31N7O5/c1-34-12-8-21(33-34)20-4-3-18(15-30-20)19-16-31-35-25(19)32-24(23-22(36)7-11-29-26(23)35)17-5-9-28(10-6-17,27(37)38)40-14-13-39-2/h3-4,8,12,15-17,29H,5-7,9-11,13-14H2,1-2H3,(H,37,38)/t17-,28-. The normalized spacial score (nSPS) is 20.9. The van der Waals surface area contributed by atoms with Crippen molar-refractivity contribution in [1.29, 1.82) is 0 Å². The number of hydrogen-bond donors (Lipinski definition) is 2. The number of ether oxygens (including phenoxy) is 2. The van der Waals surface area contributed by atoms with Gasteiger partial charge in [-0.2, -0.15) is 14.7 Å². The first-order chi connectivity index (χ1) is 19.4. The Balaban J connectivity index is 1.36. The number of methoxy groups -OCH3 is 1. The highest BCUT2D eigenvalue weighted by Crippen LogP contribution is 2.43. The van der Waals surface area contributed by atoms with Gasteiger partial charge in [-0.1, -0.05) is 6.07 Å². The van der Waals surface area contributed by atoms with E-state index >= 15 is 0 Å². The van der Waals surface area contributed by atoms with Gasteiger partial charge >= 0.3 is 5.97 Å². The summed E-state index contributed by atoms with van der Waals surface area (Å²) < 4.78 is 14.3. The molecule has 0 spiro atoms. The molecular formula is C28H31N7O5. The quantitative estimate of drug-likeness (QED) is 0.316. The first kappa shape index (κ1) is 26.1. The largest absolute Gasteiger partial charge is 0.479 e. The van der Waals surface area contributed by atoms with E-state index in [4.69, 9.17) is 14.5 Å². The topological polar surface area (TPSA) is 146 Å². The minimum atomic E-state index is -1.26. The first-order valence-electron chi connectivity index (χ1n) is 13.4. The lowest BCUT2D eigenvalue weighted by molar-refractivity contribution is -0.173. The SMILES string of the molecule is COCCO[C@]1(C(=O)O)CC[C@@H](c2nc3c(-c4ccc(-c5ccn(C)n5)nc4)cnn3c3c2C(=O)CCN3)CC1. The number of nitrogens with zero attached hydrogens (tertiary/aromatic N) is 6. The highest BCUT2D eigenvalue weighted by atomic mass is 16.5. The van der Waals surface area contributed by atoms with Gasteiger partial charge in [-0.05, 0) is 37.8 Å². The Morgan fingerprint density at radius 1 is 1.18 bits per heavy atom.